The third-order valence-corrected chi connectivity index (χ3v) is 5.43. The highest BCUT2D eigenvalue weighted by molar-refractivity contribution is 5.99. The van der Waals surface area contributed by atoms with Gasteiger partial charge < -0.3 is 19.4 Å². The molecule has 10 heteroatoms. The molecule has 1 fully saturated rings. The fourth-order valence-electron chi connectivity index (χ4n) is 3.95. The van der Waals surface area contributed by atoms with E-state index in [0.717, 1.165) is 25.7 Å². The molecule has 1 aliphatic carbocycles. The van der Waals surface area contributed by atoms with Crippen molar-refractivity contribution >= 4 is 12.0 Å². The van der Waals surface area contributed by atoms with Crippen LogP contribution < -0.4 is 5.32 Å². The molecule has 2 aromatic heterocycles. The molecule has 3 atom stereocenters. The zero-order chi connectivity index (χ0) is 20.5. The summed E-state index contributed by atoms with van der Waals surface area (Å²) in [5.74, 6) is -0.155. The van der Waals surface area contributed by atoms with Gasteiger partial charge in [0.1, 0.15) is 0 Å². The Morgan fingerprint density at radius 2 is 2.17 bits per heavy atom. The first-order chi connectivity index (χ1) is 14.0. The van der Waals surface area contributed by atoms with E-state index in [-0.39, 0.29) is 29.8 Å². The van der Waals surface area contributed by atoms with Crippen LogP contribution in [-0.4, -0.2) is 51.3 Å². The number of alkyl halides is 1. The Morgan fingerprint density at radius 1 is 1.38 bits per heavy atom. The lowest BCUT2D eigenvalue weighted by atomic mass is 9.89. The van der Waals surface area contributed by atoms with Crippen molar-refractivity contribution in [1.29, 1.82) is 0 Å². The maximum atomic E-state index is 13.3. The van der Waals surface area contributed by atoms with Crippen LogP contribution >= 0.6 is 0 Å². The Hall–Kier alpha value is -3.04. The molecule has 2 aromatic rings. The molecular formula is C19H22FN5O4. The van der Waals surface area contributed by atoms with Gasteiger partial charge in [0.15, 0.2) is 6.17 Å². The minimum absolute atomic E-state index is 0.118. The number of hydrogen-bond acceptors (Lipinski definition) is 7. The minimum Gasteiger partial charge on any atom is -0.453 e. The van der Waals surface area contributed by atoms with Gasteiger partial charge in [0, 0.05) is 6.20 Å². The molecule has 4 rings (SSSR count). The molecule has 0 aromatic carbocycles. The number of amides is 2. The van der Waals surface area contributed by atoms with E-state index >= 15 is 0 Å². The molecule has 3 heterocycles. The number of hydrogen-bond donors (Lipinski definition) is 1. The predicted octanol–water partition coefficient (Wildman–Crippen LogP) is 2.79. The van der Waals surface area contributed by atoms with Crippen LogP contribution in [0.15, 0.2) is 16.7 Å². The van der Waals surface area contributed by atoms with Gasteiger partial charge in [0.05, 0.1) is 42.6 Å². The normalized spacial score (nSPS) is 22.3. The van der Waals surface area contributed by atoms with Crippen molar-refractivity contribution in [3.63, 3.8) is 0 Å². The maximum absolute atomic E-state index is 13.3. The third kappa shape index (κ3) is 3.66. The average molecular weight is 403 g/mol. The highest BCUT2D eigenvalue weighted by Gasteiger charge is 2.39. The van der Waals surface area contributed by atoms with Gasteiger partial charge in [0.2, 0.25) is 5.89 Å². The minimum atomic E-state index is -1.37. The first kappa shape index (κ1) is 19.3. The zero-order valence-corrected chi connectivity index (χ0v) is 16.2. The molecule has 1 aliphatic heterocycles. The first-order valence-electron chi connectivity index (χ1n) is 9.60. The highest BCUT2D eigenvalue weighted by Crippen LogP contribution is 2.32. The summed E-state index contributed by atoms with van der Waals surface area (Å²) in [4.78, 5) is 30.9. The second-order valence-electron chi connectivity index (χ2n) is 7.31. The molecule has 0 radical (unpaired) electrons. The molecule has 2 unspecified atom stereocenters. The molecule has 2 aliphatic rings. The van der Waals surface area contributed by atoms with Crippen molar-refractivity contribution in [3.05, 3.63) is 29.4 Å². The third-order valence-electron chi connectivity index (χ3n) is 5.43. The highest BCUT2D eigenvalue weighted by atomic mass is 19.1. The van der Waals surface area contributed by atoms with Gasteiger partial charge in [0.25, 0.3) is 11.8 Å². The lowest BCUT2D eigenvalue weighted by Gasteiger charge is -2.37. The van der Waals surface area contributed by atoms with Crippen molar-refractivity contribution < 1.29 is 23.1 Å². The number of methoxy groups -OCH3 is 1. The lowest BCUT2D eigenvalue weighted by molar-refractivity contribution is 0.0595. The van der Waals surface area contributed by atoms with Crippen molar-refractivity contribution in [2.24, 2.45) is 0 Å². The lowest BCUT2D eigenvalue weighted by Crippen LogP contribution is -2.53. The van der Waals surface area contributed by atoms with E-state index < -0.39 is 12.3 Å². The van der Waals surface area contributed by atoms with Gasteiger partial charge in [-0.15, -0.1) is 10.2 Å². The molecule has 1 N–H and O–H groups in total. The van der Waals surface area contributed by atoms with E-state index in [9.17, 15) is 14.0 Å². The number of fused-ring (bicyclic) bond motifs is 1. The van der Waals surface area contributed by atoms with Gasteiger partial charge in [-0.05, 0) is 25.8 Å². The number of rotatable bonds is 4. The van der Waals surface area contributed by atoms with Crippen molar-refractivity contribution in [1.82, 2.24) is 25.4 Å². The smallest absolute Gasteiger partial charge is 0.407 e. The summed E-state index contributed by atoms with van der Waals surface area (Å²) >= 11 is 0. The molecule has 0 bridgehead atoms. The number of nitrogens with one attached hydrogen (secondary N) is 1. The monoisotopic (exact) mass is 403 g/mol. The standard InChI is InChI=1S/C19H22FN5O4/c1-10(20)16-23-24-17(29-16)11-7-12-14(21-8-11)9-25(18(12)26)15-6-4-3-5-13(15)22-19(27)28-2/h7-8,10,13,15H,3-6,9H2,1-2H3,(H,22,27)/t10?,13-,15?/m1/s1. The Kier molecular flexibility index (Phi) is 5.16. The van der Waals surface area contributed by atoms with Gasteiger partial charge in [-0.1, -0.05) is 12.8 Å². The quantitative estimate of drug-likeness (QED) is 0.836. The SMILES string of the molecule is COC(=O)N[C@@H]1CCCCC1N1Cc2ncc(-c3nnc(C(C)F)o3)cc2C1=O. The second-order valence-corrected chi connectivity index (χ2v) is 7.31. The van der Waals surface area contributed by atoms with Crippen LogP contribution in [0.4, 0.5) is 9.18 Å². The summed E-state index contributed by atoms with van der Waals surface area (Å²) in [6, 6.07) is 1.35. The van der Waals surface area contributed by atoms with Crippen LogP contribution in [0.1, 0.15) is 60.7 Å². The van der Waals surface area contributed by atoms with E-state index in [1.54, 1.807) is 17.2 Å². The van der Waals surface area contributed by atoms with Gasteiger partial charge in [-0.2, -0.15) is 0 Å². The Balaban J connectivity index is 1.57. The molecular weight excluding hydrogens is 381 g/mol. The second kappa shape index (κ2) is 7.76. The van der Waals surface area contributed by atoms with E-state index in [2.05, 4.69) is 20.5 Å². The number of ether oxygens (including phenoxy) is 1. The average Bonchev–Trinajstić information content (AvgIpc) is 3.34. The number of alkyl carbamates (subject to hydrolysis) is 1. The largest absolute Gasteiger partial charge is 0.453 e. The van der Waals surface area contributed by atoms with Crippen LogP contribution in [0.3, 0.4) is 0 Å². The van der Waals surface area contributed by atoms with E-state index in [1.807, 2.05) is 0 Å². The Morgan fingerprint density at radius 3 is 2.90 bits per heavy atom. The predicted molar refractivity (Wildman–Crippen MR) is 98.5 cm³/mol. The van der Waals surface area contributed by atoms with Gasteiger partial charge in [-0.25, -0.2) is 9.18 Å². The molecule has 0 saturated heterocycles. The summed E-state index contributed by atoms with van der Waals surface area (Å²) in [7, 11) is 1.32. The van der Waals surface area contributed by atoms with Crippen LogP contribution in [0.5, 0.6) is 0 Å². The van der Waals surface area contributed by atoms with Crippen LogP contribution in [0.2, 0.25) is 0 Å². The molecule has 2 amide bonds. The topological polar surface area (TPSA) is 110 Å². The van der Waals surface area contributed by atoms with Crippen LogP contribution in [-0.2, 0) is 11.3 Å². The summed E-state index contributed by atoms with van der Waals surface area (Å²) in [5.41, 5.74) is 1.57. The van der Waals surface area contributed by atoms with Gasteiger partial charge in [-0.3, -0.25) is 9.78 Å². The van der Waals surface area contributed by atoms with Crippen molar-refractivity contribution in [2.75, 3.05) is 7.11 Å². The zero-order valence-electron chi connectivity index (χ0n) is 16.2. The Labute approximate surface area is 166 Å². The number of nitrogens with zero attached hydrogens (tertiary/aromatic N) is 4. The van der Waals surface area contributed by atoms with E-state index in [4.69, 9.17) is 9.15 Å². The van der Waals surface area contributed by atoms with Crippen LogP contribution in [0.25, 0.3) is 11.5 Å². The maximum Gasteiger partial charge on any atom is 0.407 e. The van der Waals surface area contributed by atoms with E-state index in [0.29, 0.717) is 23.4 Å². The fraction of sp³-hybridized carbons (Fsp3) is 0.526. The van der Waals surface area contributed by atoms with Crippen molar-refractivity contribution in [3.8, 4) is 11.5 Å². The molecule has 0 spiro atoms. The number of carbonyl (C=O) groups is 2. The van der Waals surface area contributed by atoms with E-state index in [1.165, 1.54) is 14.0 Å². The van der Waals surface area contributed by atoms with Crippen molar-refractivity contribution in [2.45, 2.75) is 57.4 Å². The summed E-state index contributed by atoms with van der Waals surface area (Å²) in [5, 5.41) is 10.4. The summed E-state index contributed by atoms with van der Waals surface area (Å²) in [6.07, 6.45) is 3.21. The first-order valence-corrected chi connectivity index (χ1v) is 9.60. The number of aromatic nitrogens is 3. The summed E-state index contributed by atoms with van der Waals surface area (Å²) in [6.45, 7) is 1.68. The molecule has 1 saturated carbocycles. The molecule has 29 heavy (non-hydrogen) atoms. The van der Waals surface area contributed by atoms with Gasteiger partial charge >= 0.3 is 6.09 Å². The Bertz CT molecular complexity index is 931. The fourth-order valence-corrected chi connectivity index (χ4v) is 3.95. The molecule has 9 nitrogen and oxygen atoms in total. The van der Waals surface area contributed by atoms with Crippen LogP contribution in [0, 0.1) is 0 Å². The molecule has 154 valence electrons. The number of carbonyl (C=O) groups excluding carboxylic acids is 2. The summed E-state index contributed by atoms with van der Waals surface area (Å²) < 4.78 is 23.4. The number of pyridine rings is 1. The number of halogens is 1.